The second-order valence-corrected chi connectivity index (χ2v) is 48.2. The molecule has 24 aliphatic rings. The number of aromatic hydroxyl groups is 2. The summed E-state index contributed by atoms with van der Waals surface area (Å²) in [6.45, 7) is 22.5. The zero-order valence-corrected chi connectivity index (χ0v) is 91.1. The number of quaternary nitrogens is 3. The molecule has 12 aliphatic heterocycles. The third kappa shape index (κ3) is 14.3. The normalized spacial score (nSPS) is 41.3. The van der Waals surface area contributed by atoms with E-state index in [1.165, 1.54) is 78.4 Å². The number of phenolic OH excluding ortho intramolecular Hbond substituents is 2. The summed E-state index contributed by atoms with van der Waals surface area (Å²) in [7, 11) is 13.3. The first kappa shape index (κ1) is 107. The molecule has 6 aromatic carbocycles. The van der Waals surface area contributed by atoms with Gasteiger partial charge in [-0.25, -0.2) is 0 Å². The number of rotatable bonds is 16. The first-order valence-electron chi connectivity index (χ1n) is 56.2. The van der Waals surface area contributed by atoms with Crippen molar-refractivity contribution in [3.63, 3.8) is 0 Å². The third-order valence-electron chi connectivity index (χ3n) is 43.2. The molecular weight excluding hydrogens is 1960 g/mol. The van der Waals surface area contributed by atoms with E-state index in [-0.39, 0.29) is 189 Å². The van der Waals surface area contributed by atoms with Gasteiger partial charge in [-0.15, -0.1) is 0 Å². The molecule has 6 spiro atoms. The lowest BCUT2D eigenvalue weighted by atomic mass is 9.48. The SMILES string of the molecule is CCO[C@H]1C=CC2C3Cc4ccc(CO)c5c4[C@@]2(CC[NH+]3C)[C@H]1O5.CCO[C@H]1CCC2C3Cc4ccc(CO)c5c4[C@@]2(CCN3C)[C@H]1O5.CCO[C@H]1CC[C@@]2(O)C3Cc4ccc(CO)c5c4[C@@]2(CCN3C)[C@H]1O5.CCO[C@H]1CC[C@@]2(O)C3Cc4ccc(CO)c5c4[C@@]2(CC[NH+]3C)[C@H]1O5.CCO[C@H]1CC[C@@]2(O)C3Cc4ccc(O)c5c4[C@@]2(CCN3C)[C@H]1O5.CCO[C@H]1CC[C@@]2(O)C3Cc4ccc(O)c5c4[C@@]2(CC[NH+]3C)[C@H]1O5.[Cl-].[Cl-].[Cl-]. The molecule has 0 aromatic heterocycles. The summed E-state index contributed by atoms with van der Waals surface area (Å²) in [5.41, 5.74) is 14.0. The van der Waals surface area contributed by atoms with E-state index in [9.17, 15) is 51.1 Å². The lowest BCUT2D eigenvalue weighted by molar-refractivity contribution is -0.924. The number of halogens is 3. The van der Waals surface area contributed by atoms with E-state index >= 15 is 0 Å². The van der Waals surface area contributed by atoms with Gasteiger partial charge in [0.2, 0.25) is 0 Å². The molecule has 31 heteroatoms. The second kappa shape index (κ2) is 39.1. The average Bonchev–Trinajstić information content (AvgIpc) is 1.52. The molecule has 814 valence electrons. The molecule has 12 bridgehead atoms. The largest absolute Gasteiger partial charge is 1.00 e. The molecule has 13 N–H and O–H groups in total. The fourth-order valence-electron chi connectivity index (χ4n) is 37.2. The van der Waals surface area contributed by atoms with Crippen molar-refractivity contribution in [2.24, 2.45) is 11.8 Å². The van der Waals surface area contributed by atoms with Crippen molar-refractivity contribution in [1.82, 2.24) is 14.7 Å². The highest BCUT2D eigenvalue weighted by molar-refractivity contribution is 5.68. The quantitative estimate of drug-likeness (QED) is 0.0428. The predicted octanol–water partition coefficient (Wildman–Crippen LogP) is -3.06. The van der Waals surface area contributed by atoms with Crippen LogP contribution in [0.4, 0.5) is 0 Å². The Kier molecular flexibility index (Phi) is 28.0. The van der Waals surface area contributed by atoms with Crippen molar-refractivity contribution in [2.45, 2.75) is 374 Å². The molecule has 30 rings (SSSR count). The molecule has 28 nitrogen and oxygen atoms in total. The Morgan fingerprint density at radius 2 is 0.671 bits per heavy atom. The fourth-order valence-corrected chi connectivity index (χ4v) is 37.2. The van der Waals surface area contributed by atoms with Crippen molar-refractivity contribution < 1.29 is 160 Å². The van der Waals surface area contributed by atoms with E-state index in [1.807, 2.05) is 58.9 Å². The Balaban J connectivity index is 0.000000101. The molecule has 149 heavy (non-hydrogen) atoms. The molecule has 12 heterocycles. The molecular formula is C118H159Cl3N6O22. The van der Waals surface area contributed by atoms with Crippen molar-refractivity contribution in [3.05, 3.63) is 174 Å². The Labute approximate surface area is 895 Å². The van der Waals surface area contributed by atoms with Gasteiger partial charge < -0.3 is 175 Å². The predicted molar refractivity (Wildman–Crippen MR) is 543 cm³/mol. The van der Waals surface area contributed by atoms with Crippen molar-refractivity contribution in [2.75, 3.05) is 121 Å². The van der Waals surface area contributed by atoms with Crippen LogP contribution in [-0.2, 0) is 126 Å². The van der Waals surface area contributed by atoms with Gasteiger partial charge in [0.1, 0.15) is 89.0 Å². The van der Waals surface area contributed by atoms with Crippen LogP contribution in [0.2, 0.25) is 0 Å². The fraction of sp³-hybridized carbons (Fsp3) is 0.678. The Hall–Kier alpha value is -6.47. The van der Waals surface area contributed by atoms with Gasteiger partial charge in [0, 0.05) is 163 Å². The van der Waals surface area contributed by atoms with Crippen LogP contribution in [0.3, 0.4) is 0 Å². The Bertz CT molecular complexity index is 5870. The number of aliphatic hydroxyl groups is 8. The number of nitrogens with one attached hydrogen (secondary N) is 3. The molecule has 12 aliphatic carbocycles. The van der Waals surface area contributed by atoms with Crippen LogP contribution in [0.1, 0.15) is 233 Å². The van der Waals surface area contributed by atoms with E-state index in [4.69, 9.17) is 56.8 Å². The minimum atomic E-state index is -0.815. The van der Waals surface area contributed by atoms with E-state index in [2.05, 4.69) is 112 Å². The minimum Gasteiger partial charge on any atom is -1.00 e. The zero-order chi connectivity index (χ0) is 101. The second-order valence-electron chi connectivity index (χ2n) is 48.2. The maximum Gasteiger partial charge on any atom is 0.165 e. The number of nitrogens with zero attached hydrogens (tertiary/aromatic N) is 3. The Morgan fingerprint density at radius 3 is 1.10 bits per heavy atom. The topological polar surface area (TPSA) is 336 Å². The smallest absolute Gasteiger partial charge is 0.165 e. The highest BCUT2D eigenvalue weighted by Crippen LogP contribution is 2.72. The number of hydrogen-bond donors (Lipinski definition) is 13. The van der Waals surface area contributed by atoms with Crippen LogP contribution in [0.15, 0.2) is 84.9 Å². The van der Waals surface area contributed by atoms with Crippen LogP contribution in [0, 0.1) is 11.8 Å². The van der Waals surface area contributed by atoms with E-state index < -0.39 is 38.6 Å². The average molecular weight is 2120 g/mol. The minimum absolute atomic E-state index is 0. The lowest BCUT2D eigenvalue weighted by Gasteiger charge is -2.63. The number of likely N-dealkylation sites (tertiary alicyclic amines) is 6. The van der Waals surface area contributed by atoms with Gasteiger partial charge in [0.25, 0.3) is 0 Å². The van der Waals surface area contributed by atoms with E-state index in [1.54, 1.807) is 17.0 Å². The number of benzene rings is 6. The Morgan fingerprint density at radius 1 is 0.329 bits per heavy atom. The molecule has 33 atom stereocenters. The maximum absolute atomic E-state index is 12.0. The summed E-state index contributed by atoms with van der Waals surface area (Å²) in [5.74, 6) is 6.32. The highest BCUT2D eigenvalue weighted by atomic mass is 35.5. The summed E-state index contributed by atoms with van der Waals surface area (Å²) in [5, 5.41) is 108. The van der Waals surface area contributed by atoms with Gasteiger partial charge in [0.15, 0.2) is 23.0 Å². The van der Waals surface area contributed by atoms with Gasteiger partial charge in [0.05, 0.1) is 142 Å². The van der Waals surface area contributed by atoms with E-state index in [0.717, 1.165) is 231 Å². The molecule has 11 fully saturated rings. The zero-order valence-electron chi connectivity index (χ0n) is 88.8. The summed E-state index contributed by atoms with van der Waals surface area (Å²) < 4.78 is 75.1. The summed E-state index contributed by atoms with van der Waals surface area (Å²) in [6, 6.07) is 26.2. The number of piperidine rings is 6. The van der Waals surface area contributed by atoms with Gasteiger partial charge in [-0.1, -0.05) is 72.8 Å². The first-order chi connectivity index (χ1) is 70.6. The van der Waals surface area contributed by atoms with E-state index in [0.29, 0.717) is 68.5 Å². The number of hydrogen-bond acceptors (Lipinski definition) is 25. The summed E-state index contributed by atoms with van der Waals surface area (Å²) >= 11 is 0. The monoisotopic (exact) mass is 2120 g/mol. The molecule has 6 aromatic rings. The van der Waals surface area contributed by atoms with Crippen molar-refractivity contribution in [1.29, 1.82) is 0 Å². The number of likely N-dealkylation sites (N-methyl/N-ethyl adjacent to an activating group) is 6. The number of ether oxygens (including phenoxy) is 12. The van der Waals surface area contributed by atoms with Crippen LogP contribution in [0.25, 0.3) is 0 Å². The third-order valence-corrected chi connectivity index (χ3v) is 43.2. The van der Waals surface area contributed by atoms with Gasteiger partial charge in [-0.05, 0) is 236 Å². The maximum atomic E-state index is 12.0. The standard InChI is InChI=1S/2C20H27NO4.C20H27NO3.C20H25NO3.2C19H25NO4.3ClH/c2*1-3-24-14-6-7-20(23)15-10-12-4-5-13(11-22)17-16(12)19(20,18(14)25-17)8-9-21(15)2;2*1-3-23-16-7-6-14-15-10-12-4-5-13(11-22)18-17(12)20(14,19(16)24-18)8-9-21(15)2;2*1-3-23-13-6-7-19(22)14-10-11-4-5-12(21)16-15(11)18(19,17(13)24-16)8-9-20(14)2;;;/h2*4-5,14-15,18,22-23H,3,6-11H2,1-2H3;4-5,14-16,19,22H,3,6-11H2,1-2H3;4-7,14-16,19,22H,3,8-11H2,1-2H3;2*4-5,13-14,17,21-22H,3,6-10H2,1-2H3;3*1H/t2*14-,15?,18-,19-,20+;2*14?,15?,16-,19-,20-;2*13-,14?,17-,18-,19+;;;/m000000.../s1. The van der Waals surface area contributed by atoms with Crippen LogP contribution < -0.4 is 80.3 Å². The molecule has 0 radical (unpaired) electrons. The van der Waals surface area contributed by atoms with Gasteiger partial charge in [-0.3, -0.25) is 0 Å². The molecule has 5 saturated carbocycles. The summed E-state index contributed by atoms with van der Waals surface area (Å²) in [4.78, 5) is 11.7. The molecule has 6 saturated heterocycles. The number of phenols is 2. The van der Waals surface area contributed by atoms with Gasteiger partial charge in [-0.2, -0.15) is 0 Å². The van der Waals surface area contributed by atoms with Crippen LogP contribution >= 0.6 is 0 Å². The van der Waals surface area contributed by atoms with Crippen LogP contribution in [0.5, 0.6) is 46.0 Å². The first-order valence-corrected chi connectivity index (χ1v) is 56.2. The van der Waals surface area contributed by atoms with Crippen molar-refractivity contribution in [3.8, 4) is 46.0 Å². The lowest BCUT2D eigenvalue weighted by Crippen LogP contribution is -3.19. The molecule has 11 unspecified atom stereocenters. The van der Waals surface area contributed by atoms with Gasteiger partial charge >= 0.3 is 0 Å². The van der Waals surface area contributed by atoms with Crippen LogP contribution in [-0.4, -0.2) is 319 Å². The van der Waals surface area contributed by atoms with Crippen molar-refractivity contribution >= 4 is 0 Å². The molecule has 0 amide bonds. The summed E-state index contributed by atoms with van der Waals surface area (Å²) in [6.07, 6.45) is 24.2. The number of aliphatic hydroxyl groups excluding tert-OH is 4. The highest BCUT2D eigenvalue weighted by Gasteiger charge is 2.80.